The molecule has 26 heavy (non-hydrogen) atoms. The summed E-state index contributed by atoms with van der Waals surface area (Å²) in [7, 11) is 1.81. The lowest BCUT2D eigenvalue weighted by Crippen LogP contribution is -2.26. The van der Waals surface area contributed by atoms with Gasteiger partial charge >= 0.3 is 0 Å². The van der Waals surface area contributed by atoms with E-state index in [-0.39, 0.29) is 5.91 Å². The molecule has 0 radical (unpaired) electrons. The number of halogens is 1. The first-order valence-electron chi connectivity index (χ1n) is 8.66. The van der Waals surface area contributed by atoms with Gasteiger partial charge in [0.1, 0.15) is 0 Å². The summed E-state index contributed by atoms with van der Waals surface area (Å²) in [6.45, 7) is 6.48. The van der Waals surface area contributed by atoms with Crippen LogP contribution in [0, 0.1) is 20.8 Å². The molecule has 0 aliphatic heterocycles. The SMILES string of the molecule is Cc1cc2nc(C)c(CCC(=O)N(C)Cc3ccccc3Cl)c(C)n2n1. The van der Waals surface area contributed by atoms with E-state index in [0.717, 1.165) is 33.9 Å². The Morgan fingerprint density at radius 2 is 1.96 bits per heavy atom. The molecule has 0 saturated heterocycles. The van der Waals surface area contributed by atoms with Crippen LogP contribution in [0.1, 0.15) is 34.6 Å². The molecule has 3 rings (SSSR count). The molecule has 0 spiro atoms. The largest absolute Gasteiger partial charge is 0.341 e. The van der Waals surface area contributed by atoms with E-state index in [9.17, 15) is 4.79 Å². The van der Waals surface area contributed by atoms with E-state index in [1.165, 1.54) is 0 Å². The maximum atomic E-state index is 12.6. The molecular formula is C20H23ClN4O. The second-order valence-electron chi connectivity index (χ2n) is 6.66. The molecule has 0 aliphatic carbocycles. The van der Waals surface area contributed by atoms with Crippen LogP contribution in [0.3, 0.4) is 0 Å². The molecule has 136 valence electrons. The summed E-state index contributed by atoms with van der Waals surface area (Å²) in [5, 5.41) is 5.17. The van der Waals surface area contributed by atoms with Crippen LogP contribution in [0.15, 0.2) is 30.3 Å². The predicted molar refractivity (Wildman–Crippen MR) is 103 cm³/mol. The number of carbonyl (C=O) groups excluding carboxylic acids is 1. The molecular weight excluding hydrogens is 348 g/mol. The number of carbonyl (C=O) groups is 1. The molecule has 1 amide bonds. The van der Waals surface area contributed by atoms with Gasteiger partial charge in [-0.1, -0.05) is 29.8 Å². The number of hydrogen-bond acceptors (Lipinski definition) is 3. The van der Waals surface area contributed by atoms with Crippen molar-refractivity contribution in [3.05, 3.63) is 63.6 Å². The van der Waals surface area contributed by atoms with E-state index in [4.69, 9.17) is 11.6 Å². The van der Waals surface area contributed by atoms with Crippen molar-refractivity contribution in [2.75, 3.05) is 7.05 Å². The van der Waals surface area contributed by atoms with E-state index in [1.54, 1.807) is 4.90 Å². The van der Waals surface area contributed by atoms with Crippen LogP contribution in [0.4, 0.5) is 0 Å². The second-order valence-corrected chi connectivity index (χ2v) is 7.07. The predicted octanol–water partition coefficient (Wildman–Crippen LogP) is 3.90. The number of hydrogen-bond donors (Lipinski definition) is 0. The number of nitrogens with zero attached hydrogens (tertiary/aromatic N) is 4. The number of benzene rings is 1. The van der Waals surface area contributed by atoms with E-state index in [1.807, 2.05) is 62.7 Å². The van der Waals surface area contributed by atoms with Gasteiger partial charge in [-0.05, 0) is 44.4 Å². The Hall–Kier alpha value is -2.40. The Labute approximate surface area is 158 Å². The normalized spacial score (nSPS) is 11.1. The first-order valence-corrected chi connectivity index (χ1v) is 9.04. The average molecular weight is 371 g/mol. The molecule has 0 unspecified atom stereocenters. The van der Waals surface area contributed by atoms with Crippen molar-refractivity contribution in [2.24, 2.45) is 0 Å². The van der Waals surface area contributed by atoms with Crippen LogP contribution in [0.2, 0.25) is 5.02 Å². The van der Waals surface area contributed by atoms with Gasteiger partial charge in [-0.3, -0.25) is 4.79 Å². The molecule has 1 aromatic carbocycles. The lowest BCUT2D eigenvalue weighted by molar-refractivity contribution is -0.130. The minimum Gasteiger partial charge on any atom is -0.341 e. The molecule has 0 N–H and O–H groups in total. The standard InChI is InChI=1S/C20H23ClN4O/c1-13-11-19-22-14(2)17(15(3)25(19)23-13)9-10-20(26)24(4)12-16-7-5-6-8-18(16)21/h5-8,11H,9-10,12H2,1-4H3. The molecule has 6 heteroatoms. The van der Waals surface area contributed by atoms with E-state index < -0.39 is 0 Å². The van der Waals surface area contributed by atoms with Crippen LogP contribution < -0.4 is 0 Å². The molecule has 3 aromatic rings. The quantitative estimate of drug-likeness (QED) is 0.684. The van der Waals surface area contributed by atoms with Crippen molar-refractivity contribution in [3.8, 4) is 0 Å². The van der Waals surface area contributed by atoms with E-state index in [0.29, 0.717) is 24.4 Å². The molecule has 2 heterocycles. The van der Waals surface area contributed by atoms with Gasteiger partial charge in [-0.15, -0.1) is 0 Å². The van der Waals surface area contributed by atoms with Crippen molar-refractivity contribution < 1.29 is 4.79 Å². The summed E-state index contributed by atoms with van der Waals surface area (Å²) in [4.78, 5) is 18.9. The van der Waals surface area contributed by atoms with Crippen LogP contribution in [0.5, 0.6) is 0 Å². The average Bonchev–Trinajstić information content (AvgIpc) is 2.97. The third kappa shape index (κ3) is 3.73. The Balaban J connectivity index is 1.71. The van der Waals surface area contributed by atoms with Crippen LogP contribution >= 0.6 is 11.6 Å². The van der Waals surface area contributed by atoms with Gasteiger partial charge in [0.15, 0.2) is 5.65 Å². The lowest BCUT2D eigenvalue weighted by atomic mass is 10.1. The lowest BCUT2D eigenvalue weighted by Gasteiger charge is -2.19. The van der Waals surface area contributed by atoms with E-state index >= 15 is 0 Å². The van der Waals surface area contributed by atoms with Gasteiger partial charge in [0, 0.05) is 42.5 Å². The molecule has 0 bridgehead atoms. The maximum Gasteiger partial charge on any atom is 0.222 e. The highest BCUT2D eigenvalue weighted by Gasteiger charge is 2.15. The topological polar surface area (TPSA) is 50.5 Å². The number of rotatable bonds is 5. The number of amides is 1. The van der Waals surface area contributed by atoms with Crippen molar-refractivity contribution >= 4 is 23.2 Å². The first kappa shape index (κ1) is 18.4. The summed E-state index contributed by atoms with van der Waals surface area (Å²) in [5.41, 5.74) is 5.82. The summed E-state index contributed by atoms with van der Waals surface area (Å²) < 4.78 is 1.86. The van der Waals surface area contributed by atoms with Gasteiger partial charge < -0.3 is 4.90 Å². The first-order chi connectivity index (χ1) is 12.4. The van der Waals surface area contributed by atoms with Crippen molar-refractivity contribution in [1.29, 1.82) is 0 Å². The third-order valence-corrected chi connectivity index (χ3v) is 5.03. The number of fused-ring (bicyclic) bond motifs is 1. The summed E-state index contributed by atoms with van der Waals surface area (Å²) in [5.74, 6) is 0.0838. The molecule has 5 nitrogen and oxygen atoms in total. The molecule has 0 aliphatic rings. The van der Waals surface area contributed by atoms with Crippen molar-refractivity contribution in [1.82, 2.24) is 19.5 Å². The van der Waals surface area contributed by atoms with Crippen LogP contribution in [-0.4, -0.2) is 32.5 Å². The summed E-state index contributed by atoms with van der Waals surface area (Å²) in [6.07, 6.45) is 1.07. The zero-order chi connectivity index (χ0) is 18.8. The zero-order valence-electron chi connectivity index (χ0n) is 15.6. The van der Waals surface area contributed by atoms with Crippen molar-refractivity contribution in [2.45, 2.75) is 40.2 Å². The van der Waals surface area contributed by atoms with Gasteiger partial charge in [-0.2, -0.15) is 5.10 Å². The van der Waals surface area contributed by atoms with Gasteiger partial charge in [0.25, 0.3) is 0 Å². The van der Waals surface area contributed by atoms with Gasteiger partial charge in [-0.25, -0.2) is 9.50 Å². The second kappa shape index (κ2) is 7.46. The zero-order valence-corrected chi connectivity index (χ0v) is 16.3. The molecule has 0 atom stereocenters. The summed E-state index contributed by atoms with van der Waals surface area (Å²) in [6, 6.07) is 9.57. The fraction of sp³-hybridized carbons (Fsp3) is 0.350. The maximum absolute atomic E-state index is 12.6. The molecule has 2 aromatic heterocycles. The Morgan fingerprint density at radius 1 is 1.23 bits per heavy atom. The fourth-order valence-electron chi connectivity index (χ4n) is 3.20. The van der Waals surface area contributed by atoms with Gasteiger partial charge in [0.2, 0.25) is 5.91 Å². The Kier molecular flexibility index (Phi) is 5.28. The van der Waals surface area contributed by atoms with Gasteiger partial charge in [0.05, 0.1) is 5.69 Å². The van der Waals surface area contributed by atoms with E-state index in [2.05, 4.69) is 10.1 Å². The van der Waals surface area contributed by atoms with Crippen LogP contribution in [0.25, 0.3) is 5.65 Å². The van der Waals surface area contributed by atoms with Crippen molar-refractivity contribution in [3.63, 3.8) is 0 Å². The summed E-state index contributed by atoms with van der Waals surface area (Å²) >= 11 is 6.19. The number of aryl methyl sites for hydroxylation is 3. The highest BCUT2D eigenvalue weighted by molar-refractivity contribution is 6.31. The van der Waals surface area contributed by atoms with Crippen LogP contribution in [-0.2, 0) is 17.8 Å². The monoisotopic (exact) mass is 370 g/mol. The fourth-order valence-corrected chi connectivity index (χ4v) is 3.39. The minimum atomic E-state index is 0.0838. The molecule has 0 saturated carbocycles. The minimum absolute atomic E-state index is 0.0838. The Morgan fingerprint density at radius 3 is 2.69 bits per heavy atom. The highest BCUT2D eigenvalue weighted by atomic mass is 35.5. The smallest absolute Gasteiger partial charge is 0.222 e. The molecule has 0 fully saturated rings. The third-order valence-electron chi connectivity index (χ3n) is 4.67. The number of aromatic nitrogens is 3. The Bertz CT molecular complexity index is 964. The highest BCUT2D eigenvalue weighted by Crippen LogP contribution is 2.19.